The zero-order valence-electron chi connectivity index (χ0n) is 15.7. The van der Waals surface area contributed by atoms with Gasteiger partial charge in [-0.25, -0.2) is 17.2 Å². The van der Waals surface area contributed by atoms with E-state index < -0.39 is 44.2 Å². The Balaban J connectivity index is 2.04. The molecule has 2 aliphatic rings. The van der Waals surface area contributed by atoms with E-state index in [1.165, 1.54) is 24.3 Å². The van der Waals surface area contributed by atoms with Crippen LogP contribution in [0.1, 0.15) is 31.7 Å². The van der Waals surface area contributed by atoms with Gasteiger partial charge >= 0.3 is 0 Å². The van der Waals surface area contributed by atoms with Crippen molar-refractivity contribution in [2.45, 2.75) is 41.9 Å². The molecule has 1 aliphatic heterocycles. The third-order valence-electron chi connectivity index (χ3n) is 6.31. The number of aliphatic hydroxyl groups is 1. The van der Waals surface area contributed by atoms with Crippen molar-refractivity contribution < 1.29 is 27.0 Å². The first-order chi connectivity index (χ1) is 13.7. The summed E-state index contributed by atoms with van der Waals surface area (Å²) >= 11 is 5.92. The van der Waals surface area contributed by atoms with Gasteiger partial charge in [-0.1, -0.05) is 18.0 Å². The molecule has 29 heavy (non-hydrogen) atoms. The van der Waals surface area contributed by atoms with Gasteiger partial charge in [-0.15, -0.1) is 0 Å². The van der Waals surface area contributed by atoms with Crippen molar-refractivity contribution in [3.05, 3.63) is 58.6 Å². The Kier molecular flexibility index (Phi) is 5.12. The highest BCUT2D eigenvalue weighted by Crippen LogP contribution is 2.58. The van der Waals surface area contributed by atoms with Crippen LogP contribution in [0.3, 0.4) is 0 Å². The fourth-order valence-corrected chi connectivity index (χ4v) is 7.57. The molecule has 1 saturated carbocycles. The summed E-state index contributed by atoms with van der Waals surface area (Å²) in [5, 5.41) is 10.7. The van der Waals surface area contributed by atoms with Gasteiger partial charge in [0.2, 0.25) is 0 Å². The molecule has 156 valence electrons. The maximum Gasteiger partial charge on any atom is 0.188 e. The molecular formula is C21H21ClF2O4S. The minimum absolute atomic E-state index is 0.0188. The molecule has 0 aromatic heterocycles. The summed E-state index contributed by atoms with van der Waals surface area (Å²) in [6.07, 6.45) is 0.328. The summed E-state index contributed by atoms with van der Waals surface area (Å²) in [5.74, 6) is -3.13. The maximum atomic E-state index is 15.1. The van der Waals surface area contributed by atoms with Crippen LogP contribution < -0.4 is 4.74 Å². The summed E-state index contributed by atoms with van der Waals surface area (Å²) in [6, 6.07) is 7.54. The normalized spacial score (nSPS) is 27.5. The third kappa shape index (κ3) is 2.97. The average molecular weight is 443 g/mol. The summed E-state index contributed by atoms with van der Waals surface area (Å²) in [7, 11) is -4.18. The number of rotatable bonds is 3. The van der Waals surface area contributed by atoms with Crippen molar-refractivity contribution in [1.29, 1.82) is 0 Å². The topological polar surface area (TPSA) is 63.6 Å². The Morgan fingerprint density at radius 2 is 1.83 bits per heavy atom. The van der Waals surface area contributed by atoms with Crippen LogP contribution in [0.2, 0.25) is 5.02 Å². The highest BCUT2D eigenvalue weighted by Gasteiger charge is 2.61. The predicted molar refractivity (Wildman–Crippen MR) is 105 cm³/mol. The summed E-state index contributed by atoms with van der Waals surface area (Å²) in [4.78, 5) is -0.0188. The van der Waals surface area contributed by atoms with Crippen LogP contribution in [-0.4, -0.2) is 26.2 Å². The minimum Gasteiger partial charge on any atom is -0.490 e. The van der Waals surface area contributed by atoms with Crippen LogP contribution in [0, 0.1) is 23.5 Å². The smallest absolute Gasteiger partial charge is 0.188 e. The fraction of sp³-hybridized carbons (Fsp3) is 0.429. The van der Waals surface area contributed by atoms with E-state index >= 15 is 4.39 Å². The van der Waals surface area contributed by atoms with E-state index in [2.05, 4.69) is 0 Å². The Bertz CT molecular complexity index is 1040. The molecule has 0 amide bonds. The van der Waals surface area contributed by atoms with Crippen molar-refractivity contribution in [2.75, 3.05) is 6.61 Å². The molecule has 1 aliphatic carbocycles. The largest absolute Gasteiger partial charge is 0.490 e. The molecule has 1 heterocycles. The molecule has 4 nitrogen and oxygen atoms in total. The van der Waals surface area contributed by atoms with Gasteiger partial charge in [-0.3, -0.25) is 0 Å². The van der Waals surface area contributed by atoms with Gasteiger partial charge in [-0.2, -0.15) is 0 Å². The first-order valence-corrected chi connectivity index (χ1v) is 11.4. The molecule has 8 heteroatoms. The second-order valence-electron chi connectivity index (χ2n) is 7.79. The lowest BCUT2D eigenvalue weighted by Gasteiger charge is -2.51. The van der Waals surface area contributed by atoms with Crippen molar-refractivity contribution >= 4 is 21.4 Å². The quantitative estimate of drug-likeness (QED) is 0.761. The van der Waals surface area contributed by atoms with Crippen LogP contribution in [0.25, 0.3) is 0 Å². The molecule has 2 aromatic rings. The van der Waals surface area contributed by atoms with Gasteiger partial charge in [-0.05, 0) is 62.1 Å². The van der Waals surface area contributed by atoms with Gasteiger partial charge in [0, 0.05) is 10.9 Å². The van der Waals surface area contributed by atoms with Gasteiger partial charge in [0.05, 0.1) is 23.2 Å². The molecule has 0 spiro atoms. The Morgan fingerprint density at radius 1 is 1.17 bits per heavy atom. The van der Waals surface area contributed by atoms with E-state index in [0.29, 0.717) is 17.9 Å². The van der Waals surface area contributed by atoms with Crippen molar-refractivity contribution in [3.63, 3.8) is 0 Å². The van der Waals surface area contributed by atoms with Gasteiger partial charge in [0.15, 0.2) is 21.4 Å². The molecule has 4 atom stereocenters. The summed E-state index contributed by atoms with van der Waals surface area (Å²) in [6.45, 7) is 1.48. The van der Waals surface area contributed by atoms with Crippen LogP contribution in [-0.2, 0) is 14.6 Å². The number of hydrogen-bond donors (Lipinski definition) is 1. The molecule has 4 rings (SSSR count). The molecule has 1 fully saturated rings. The Labute approximate surface area is 173 Å². The van der Waals surface area contributed by atoms with Crippen LogP contribution in [0.15, 0.2) is 41.3 Å². The summed E-state index contributed by atoms with van der Waals surface area (Å²) < 4.78 is 61.4. The zero-order chi connectivity index (χ0) is 21.0. The Hall–Kier alpha value is -1.70. The first kappa shape index (κ1) is 20.6. The summed E-state index contributed by atoms with van der Waals surface area (Å²) in [5.41, 5.74) is -0.269. The standard InChI is InChI=1S/C21H21ClF2O4S/c1-12(25)15-3-2-10-21(29(26,27)14-6-4-13(22)5-7-14)16(15)11-28-20-18(24)9-8-17(23)19(20)21/h4-9,12,15-16,25H,2-3,10-11H2,1H3/t12-,15-,16-,21-/m0/s1. The van der Waals surface area contributed by atoms with Crippen molar-refractivity contribution in [3.8, 4) is 5.75 Å². The number of halogens is 3. The molecule has 0 bridgehead atoms. The van der Waals surface area contributed by atoms with Crippen molar-refractivity contribution in [1.82, 2.24) is 0 Å². The molecule has 2 aromatic carbocycles. The van der Waals surface area contributed by atoms with Crippen LogP contribution in [0.4, 0.5) is 8.78 Å². The lowest BCUT2D eigenvalue weighted by molar-refractivity contribution is 0.00347. The number of fused-ring (bicyclic) bond motifs is 3. The van der Waals surface area contributed by atoms with E-state index in [4.69, 9.17) is 16.3 Å². The average Bonchev–Trinajstić information content (AvgIpc) is 2.69. The second kappa shape index (κ2) is 7.22. The second-order valence-corrected chi connectivity index (χ2v) is 10.4. The predicted octanol–water partition coefficient (Wildman–Crippen LogP) is 4.48. The van der Waals surface area contributed by atoms with Crippen LogP contribution >= 0.6 is 11.6 Å². The highest BCUT2D eigenvalue weighted by atomic mass is 35.5. The van der Waals surface area contributed by atoms with E-state index in [0.717, 1.165) is 12.1 Å². The highest BCUT2D eigenvalue weighted by molar-refractivity contribution is 7.92. The minimum atomic E-state index is -4.18. The van der Waals surface area contributed by atoms with E-state index in [1.54, 1.807) is 6.92 Å². The molecule has 0 saturated heterocycles. The van der Waals surface area contributed by atoms with Crippen LogP contribution in [0.5, 0.6) is 5.75 Å². The van der Waals surface area contributed by atoms with Gasteiger partial charge in [0.25, 0.3) is 0 Å². The third-order valence-corrected chi connectivity index (χ3v) is 9.13. The molecule has 0 radical (unpaired) electrons. The first-order valence-electron chi connectivity index (χ1n) is 9.49. The van der Waals surface area contributed by atoms with Crippen molar-refractivity contribution in [2.24, 2.45) is 11.8 Å². The van der Waals surface area contributed by atoms with E-state index in [9.17, 15) is 17.9 Å². The lowest BCUT2D eigenvalue weighted by Crippen LogP contribution is -2.55. The Morgan fingerprint density at radius 3 is 2.48 bits per heavy atom. The number of ether oxygens (including phenoxy) is 1. The number of benzene rings is 2. The number of aliphatic hydroxyl groups excluding tert-OH is 1. The molecule has 1 N–H and O–H groups in total. The van der Waals surface area contributed by atoms with Gasteiger partial charge in [0.1, 0.15) is 10.6 Å². The fourth-order valence-electron chi connectivity index (χ4n) is 5.01. The molecular weight excluding hydrogens is 422 g/mol. The zero-order valence-corrected chi connectivity index (χ0v) is 17.3. The lowest BCUT2D eigenvalue weighted by atomic mass is 9.66. The maximum absolute atomic E-state index is 15.1. The SMILES string of the molecule is C[C@H](O)[C@@H]1CCC[C@@]2(S(=O)(=O)c3ccc(Cl)cc3)c3c(F)ccc(F)c3OC[C@@H]12. The molecule has 0 unspecified atom stereocenters. The monoisotopic (exact) mass is 442 g/mol. The van der Waals surface area contributed by atoms with Gasteiger partial charge < -0.3 is 9.84 Å². The van der Waals surface area contributed by atoms with E-state index in [-0.39, 0.29) is 29.2 Å². The van der Waals surface area contributed by atoms with E-state index in [1.807, 2.05) is 0 Å². The number of hydrogen-bond acceptors (Lipinski definition) is 4. The number of sulfone groups is 1.